The topological polar surface area (TPSA) is 89.9 Å². The van der Waals surface area contributed by atoms with Gasteiger partial charge in [-0.2, -0.15) is 0 Å². The van der Waals surface area contributed by atoms with E-state index in [2.05, 4.69) is 4.74 Å². The largest absolute Gasteiger partial charge is 0.481 e. The minimum atomic E-state index is -0.957. The SMILES string of the molecule is CCOCC(=O)C(=Cc1cccc(CC(=O)O)c1)C(=O)OC. The molecule has 0 heterocycles. The maximum absolute atomic E-state index is 12.0. The van der Waals surface area contributed by atoms with E-state index in [9.17, 15) is 14.4 Å². The van der Waals surface area contributed by atoms with Gasteiger partial charge in [0, 0.05) is 6.61 Å². The van der Waals surface area contributed by atoms with Crippen LogP contribution in [-0.4, -0.2) is 43.2 Å². The molecule has 0 unspecified atom stereocenters. The van der Waals surface area contributed by atoms with Crippen molar-refractivity contribution >= 4 is 23.8 Å². The molecule has 1 aromatic carbocycles. The van der Waals surface area contributed by atoms with Crippen LogP contribution in [0.5, 0.6) is 0 Å². The molecule has 0 spiro atoms. The van der Waals surface area contributed by atoms with Crippen LogP contribution in [0.25, 0.3) is 6.08 Å². The number of hydrogen-bond acceptors (Lipinski definition) is 5. The molecule has 0 aliphatic heterocycles. The zero-order valence-electron chi connectivity index (χ0n) is 12.5. The van der Waals surface area contributed by atoms with Crippen molar-refractivity contribution in [3.8, 4) is 0 Å². The van der Waals surface area contributed by atoms with Crippen molar-refractivity contribution in [1.29, 1.82) is 0 Å². The van der Waals surface area contributed by atoms with E-state index in [4.69, 9.17) is 9.84 Å². The normalized spacial score (nSPS) is 11.1. The van der Waals surface area contributed by atoms with E-state index in [-0.39, 0.29) is 18.6 Å². The summed E-state index contributed by atoms with van der Waals surface area (Å²) in [7, 11) is 1.19. The number of carbonyl (C=O) groups excluding carboxylic acids is 2. The Morgan fingerprint density at radius 3 is 2.59 bits per heavy atom. The van der Waals surface area contributed by atoms with Crippen LogP contribution in [0.4, 0.5) is 0 Å². The Morgan fingerprint density at radius 1 is 1.27 bits per heavy atom. The standard InChI is InChI=1S/C16H18O6/c1-3-22-10-14(17)13(16(20)21-2)8-11-5-4-6-12(7-11)9-15(18)19/h4-8H,3,9-10H2,1-2H3,(H,18,19). The average Bonchev–Trinajstić information content (AvgIpc) is 2.49. The molecule has 22 heavy (non-hydrogen) atoms. The third-order valence-corrected chi connectivity index (χ3v) is 2.76. The zero-order chi connectivity index (χ0) is 16.5. The van der Waals surface area contributed by atoms with Gasteiger partial charge in [-0.05, 0) is 24.1 Å². The van der Waals surface area contributed by atoms with E-state index in [1.165, 1.54) is 13.2 Å². The molecular weight excluding hydrogens is 288 g/mol. The Morgan fingerprint density at radius 2 is 2.00 bits per heavy atom. The second kappa shape index (κ2) is 8.74. The highest BCUT2D eigenvalue weighted by molar-refractivity contribution is 6.21. The minimum absolute atomic E-state index is 0.136. The molecule has 0 bridgehead atoms. The number of methoxy groups -OCH3 is 1. The quantitative estimate of drug-likeness (QED) is 0.338. The molecule has 0 aromatic heterocycles. The van der Waals surface area contributed by atoms with Crippen molar-refractivity contribution < 1.29 is 29.0 Å². The number of esters is 1. The van der Waals surface area contributed by atoms with Gasteiger partial charge in [-0.3, -0.25) is 9.59 Å². The number of ketones is 1. The van der Waals surface area contributed by atoms with Crippen LogP contribution in [-0.2, 0) is 30.3 Å². The van der Waals surface area contributed by atoms with Crippen LogP contribution >= 0.6 is 0 Å². The van der Waals surface area contributed by atoms with Crippen LogP contribution in [0.3, 0.4) is 0 Å². The number of aliphatic carboxylic acids is 1. The fourth-order valence-electron chi connectivity index (χ4n) is 1.77. The van der Waals surface area contributed by atoms with E-state index in [0.29, 0.717) is 17.7 Å². The minimum Gasteiger partial charge on any atom is -0.481 e. The van der Waals surface area contributed by atoms with Crippen LogP contribution in [0.1, 0.15) is 18.1 Å². The first kappa shape index (κ1) is 17.6. The van der Waals surface area contributed by atoms with Crippen LogP contribution in [0.2, 0.25) is 0 Å². The molecule has 0 saturated heterocycles. The van der Waals surface area contributed by atoms with Gasteiger partial charge in [-0.25, -0.2) is 4.79 Å². The number of ether oxygens (including phenoxy) is 2. The van der Waals surface area contributed by atoms with Gasteiger partial charge in [0.25, 0.3) is 0 Å². The Labute approximate surface area is 128 Å². The lowest BCUT2D eigenvalue weighted by molar-refractivity contribution is -0.138. The highest BCUT2D eigenvalue weighted by atomic mass is 16.5. The van der Waals surface area contributed by atoms with Gasteiger partial charge in [-0.15, -0.1) is 0 Å². The molecule has 0 aliphatic carbocycles. The van der Waals surface area contributed by atoms with Gasteiger partial charge in [0.15, 0.2) is 5.78 Å². The number of carbonyl (C=O) groups is 3. The molecule has 1 rings (SSSR count). The van der Waals surface area contributed by atoms with Crippen LogP contribution < -0.4 is 0 Å². The smallest absolute Gasteiger partial charge is 0.341 e. The molecule has 0 aliphatic rings. The summed E-state index contributed by atoms with van der Waals surface area (Å²) in [6, 6.07) is 6.59. The summed E-state index contributed by atoms with van der Waals surface area (Å²) in [4.78, 5) is 34.4. The van der Waals surface area contributed by atoms with Gasteiger partial charge < -0.3 is 14.6 Å². The molecule has 1 N–H and O–H groups in total. The van der Waals surface area contributed by atoms with Crippen molar-refractivity contribution in [1.82, 2.24) is 0 Å². The van der Waals surface area contributed by atoms with Gasteiger partial charge in [0.1, 0.15) is 12.2 Å². The van der Waals surface area contributed by atoms with Crippen molar-refractivity contribution in [3.63, 3.8) is 0 Å². The molecule has 1 aromatic rings. The molecule has 0 atom stereocenters. The summed E-state index contributed by atoms with van der Waals surface area (Å²) in [5.74, 6) is -2.20. The summed E-state index contributed by atoms with van der Waals surface area (Å²) in [6.45, 7) is 1.88. The molecule has 0 saturated carbocycles. The second-order valence-electron chi connectivity index (χ2n) is 4.43. The lowest BCUT2D eigenvalue weighted by Gasteiger charge is -2.06. The summed E-state index contributed by atoms with van der Waals surface area (Å²) in [5.41, 5.74) is 0.982. The molecule has 0 amide bonds. The summed E-state index contributed by atoms with van der Waals surface area (Å²) in [5, 5.41) is 8.79. The summed E-state index contributed by atoms with van der Waals surface area (Å²) >= 11 is 0. The zero-order valence-corrected chi connectivity index (χ0v) is 12.5. The van der Waals surface area contributed by atoms with E-state index in [1.54, 1.807) is 31.2 Å². The number of rotatable bonds is 8. The fraction of sp³-hybridized carbons (Fsp3) is 0.312. The molecule has 0 fully saturated rings. The lowest BCUT2D eigenvalue weighted by Crippen LogP contribution is -2.19. The molecule has 6 nitrogen and oxygen atoms in total. The maximum atomic E-state index is 12.0. The fourth-order valence-corrected chi connectivity index (χ4v) is 1.77. The van der Waals surface area contributed by atoms with Gasteiger partial charge in [0.05, 0.1) is 13.5 Å². The maximum Gasteiger partial charge on any atom is 0.341 e. The molecular formula is C16H18O6. The van der Waals surface area contributed by atoms with Crippen molar-refractivity contribution in [2.75, 3.05) is 20.3 Å². The van der Waals surface area contributed by atoms with E-state index in [0.717, 1.165) is 0 Å². The highest BCUT2D eigenvalue weighted by Crippen LogP contribution is 2.13. The second-order valence-corrected chi connectivity index (χ2v) is 4.43. The van der Waals surface area contributed by atoms with Crippen molar-refractivity contribution in [3.05, 3.63) is 41.0 Å². The third kappa shape index (κ3) is 5.49. The monoisotopic (exact) mass is 306 g/mol. The number of carboxylic acids is 1. The first-order chi connectivity index (χ1) is 10.5. The Hall–Kier alpha value is -2.47. The Kier molecular flexibility index (Phi) is 6.98. The first-order valence-corrected chi connectivity index (χ1v) is 6.69. The highest BCUT2D eigenvalue weighted by Gasteiger charge is 2.19. The van der Waals surface area contributed by atoms with Gasteiger partial charge in [-0.1, -0.05) is 24.3 Å². The molecule has 6 heteroatoms. The predicted octanol–water partition coefficient (Wildman–Crippen LogP) is 1.48. The number of carboxylic acid groups (broad SMARTS) is 1. The van der Waals surface area contributed by atoms with Crippen molar-refractivity contribution in [2.24, 2.45) is 0 Å². The number of benzene rings is 1. The summed E-state index contributed by atoms with van der Waals surface area (Å²) < 4.78 is 9.61. The van der Waals surface area contributed by atoms with E-state index in [1.807, 2.05) is 0 Å². The van der Waals surface area contributed by atoms with Crippen molar-refractivity contribution in [2.45, 2.75) is 13.3 Å². The van der Waals surface area contributed by atoms with E-state index < -0.39 is 17.7 Å². The van der Waals surface area contributed by atoms with E-state index >= 15 is 0 Å². The van der Waals surface area contributed by atoms with Gasteiger partial charge in [0.2, 0.25) is 0 Å². The first-order valence-electron chi connectivity index (χ1n) is 6.69. The Balaban J connectivity index is 3.08. The molecule has 0 radical (unpaired) electrons. The number of Topliss-reactive ketones (excluding diaryl/α,β-unsaturated/α-hetero) is 1. The van der Waals surface area contributed by atoms with Crippen LogP contribution in [0, 0.1) is 0 Å². The number of hydrogen-bond donors (Lipinski definition) is 1. The average molecular weight is 306 g/mol. The third-order valence-electron chi connectivity index (χ3n) is 2.76. The predicted molar refractivity (Wildman–Crippen MR) is 79.3 cm³/mol. The Bertz CT molecular complexity index is 588. The van der Waals surface area contributed by atoms with Crippen LogP contribution in [0.15, 0.2) is 29.8 Å². The molecule has 118 valence electrons. The lowest BCUT2D eigenvalue weighted by atomic mass is 10.0. The summed E-state index contributed by atoms with van der Waals surface area (Å²) in [6.07, 6.45) is 1.24. The van der Waals surface area contributed by atoms with Gasteiger partial charge >= 0.3 is 11.9 Å².